The smallest absolute Gasteiger partial charge is 0.251 e. The van der Waals surface area contributed by atoms with Crippen molar-refractivity contribution in [1.82, 2.24) is 20.4 Å². The fourth-order valence-electron chi connectivity index (χ4n) is 4.75. The second kappa shape index (κ2) is 10.6. The van der Waals surface area contributed by atoms with E-state index in [4.69, 9.17) is 16.3 Å². The topological polar surface area (TPSA) is 71.4 Å². The molecule has 0 aliphatic heterocycles. The molecule has 1 aliphatic carbocycles. The van der Waals surface area contributed by atoms with Crippen molar-refractivity contribution in [3.05, 3.63) is 39.5 Å². The predicted octanol–water partition coefficient (Wildman–Crippen LogP) is 3.99. The molecule has 0 spiro atoms. The van der Waals surface area contributed by atoms with Gasteiger partial charge in [-0.05, 0) is 71.2 Å². The lowest BCUT2D eigenvalue weighted by molar-refractivity contribution is 0.0950. The summed E-state index contributed by atoms with van der Waals surface area (Å²) in [5, 5.41) is 11.3. The first kappa shape index (κ1) is 24.4. The van der Waals surface area contributed by atoms with Crippen LogP contribution >= 0.6 is 11.6 Å². The molecule has 2 aromatic rings. The van der Waals surface area contributed by atoms with Gasteiger partial charge in [0.25, 0.3) is 5.91 Å². The van der Waals surface area contributed by atoms with Crippen LogP contribution in [0.25, 0.3) is 0 Å². The van der Waals surface area contributed by atoms with Crippen LogP contribution in [0.3, 0.4) is 0 Å². The number of carbonyl (C=O) groups is 1. The molecule has 3 rings (SSSR count). The number of ether oxygens (including phenoxy) is 1. The van der Waals surface area contributed by atoms with Gasteiger partial charge < -0.3 is 20.3 Å². The molecule has 1 fully saturated rings. The molecule has 1 aromatic heterocycles. The highest BCUT2D eigenvalue weighted by Crippen LogP contribution is 2.33. The van der Waals surface area contributed by atoms with Crippen LogP contribution < -0.4 is 20.3 Å². The van der Waals surface area contributed by atoms with E-state index < -0.39 is 0 Å². The van der Waals surface area contributed by atoms with Gasteiger partial charge in [-0.1, -0.05) is 11.6 Å². The summed E-state index contributed by atoms with van der Waals surface area (Å²) in [7, 11) is 5.49. The molecule has 0 saturated heterocycles. The Morgan fingerprint density at radius 2 is 1.97 bits per heavy atom. The number of nitrogens with zero attached hydrogens (tertiary/aromatic N) is 3. The van der Waals surface area contributed by atoms with Gasteiger partial charge in [-0.3, -0.25) is 9.48 Å². The number of halogens is 1. The van der Waals surface area contributed by atoms with Gasteiger partial charge in [-0.2, -0.15) is 0 Å². The maximum absolute atomic E-state index is 13.2. The molecule has 1 amide bonds. The van der Waals surface area contributed by atoms with Crippen LogP contribution in [-0.4, -0.2) is 48.5 Å². The molecule has 1 aromatic carbocycles. The van der Waals surface area contributed by atoms with E-state index in [2.05, 4.69) is 27.6 Å². The van der Waals surface area contributed by atoms with Gasteiger partial charge in [-0.25, -0.2) is 0 Å². The number of rotatable bonds is 8. The monoisotopic (exact) mass is 461 g/mol. The molecule has 1 aliphatic rings. The molecule has 8 heteroatoms. The average Bonchev–Trinajstić information content (AvgIpc) is 3.07. The molecule has 7 nitrogen and oxygen atoms in total. The summed E-state index contributed by atoms with van der Waals surface area (Å²) < 4.78 is 7.12. The first-order chi connectivity index (χ1) is 15.3. The van der Waals surface area contributed by atoms with Crippen LogP contribution in [-0.2, 0) is 13.6 Å². The van der Waals surface area contributed by atoms with Crippen LogP contribution in [0.2, 0.25) is 5.02 Å². The number of hydrogen-bond donors (Lipinski definition) is 2. The SMILES string of the molecule is CCN(c1cc(Cl)cc(C(=O)NCc2c(OC)nn(C)c2C)c1C)C1CCC(NC)CC1. The van der Waals surface area contributed by atoms with Crippen molar-refractivity contribution < 1.29 is 9.53 Å². The normalized spacial score (nSPS) is 18.5. The first-order valence-electron chi connectivity index (χ1n) is 11.4. The molecule has 0 bridgehead atoms. The van der Waals surface area contributed by atoms with Crippen LogP contribution in [0.1, 0.15) is 59.8 Å². The number of hydrogen-bond acceptors (Lipinski definition) is 5. The average molecular weight is 462 g/mol. The summed E-state index contributed by atoms with van der Waals surface area (Å²) in [5.41, 5.74) is 4.45. The number of nitrogens with one attached hydrogen (secondary N) is 2. The second-order valence-corrected chi connectivity index (χ2v) is 8.99. The quantitative estimate of drug-likeness (QED) is 0.622. The largest absolute Gasteiger partial charge is 0.480 e. The van der Waals surface area contributed by atoms with Gasteiger partial charge in [0.1, 0.15) is 0 Å². The number of amides is 1. The third kappa shape index (κ3) is 5.04. The van der Waals surface area contributed by atoms with Crippen molar-refractivity contribution in [2.24, 2.45) is 7.05 Å². The fraction of sp³-hybridized carbons (Fsp3) is 0.583. The van der Waals surface area contributed by atoms with Gasteiger partial charge in [0.2, 0.25) is 5.88 Å². The number of aryl methyl sites for hydroxylation is 1. The van der Waals surface area contributed by atoms with Crippen molar-refractivity contribution in [1.29, 1.82) is 0 Å². The molecule has 1 heterocycles. The van der Waals surface area contributed by atoms with E-state index in [-0.39, 0.29) is 5.91 Å². The Hall–Kier alpha value is -2.25. The van der Waals surface area contributed by atoms with Crippen LogP contribution in [0.15, 0.2) is 12.1 Å². The number of benzene rings is 1. The Morgan fingerprint density at radius 1 is 1.28 bits per heavy atom. The molecule has 1 saturated carbocycles. The van der Waals surface area contributed by atoms with Crippen LogP contribution in [0.5, 0.6) is 5.88 Å². The number of methoxy groups -OCH3 is 1. The van der Waals surface area contributed by atoms with Crippen molar-refractivity contribution in [3.63, 3.8) is 0 Å². The van der Waals surface area contributed by atoms with E-state index in [0.29, 0.717) is 35.1 Å². The highest BCUT2D eigenvalue weighted by Gasteiger charge is 2.27. The fourth-order valence-corrected chi connectivity index (χ4v) is 4.97. The zero-order valence-electron chi connectivity index (χ0n) is 20.1. The lowest BCUT2D eigenvalue weighted by Gasteiger charge is -2.39. The van der Waals surface area contributed by atoms with E-state index >= 15 is 0 Å². The lowest BCUT2D eigenvalue weighted by atomic mass is 9.89. The highest BCUT2D eigenvalue weighted by molar-refractivity contribution is 6.31. The molecule has 0 atom stereocenters. The maximum Gasteiger partial charge on any atom is 0.251 e. The minimum Gasteiger partial charge on any atom is -0.480 e. The molecule has 32 heavy (non-hydrogen) atoms. The molecule has 176 valence electrons. The third-order valence-electron chi connectivity index (χ3n) is 6.83. The summed E-state index contributed by atoms with van der Waals surface area (Å²) in [4.78, 5) is 15.6. The van der Waals surface area contributed by atoms with Gasteiger partial charge in [-0.15, -0.1) is 5.10 Å². The van der Waals surface area contributed by atoms with Crippen LogP contribution in [0, 0.1) is 13.8 Å². The Balaban J connectivity index is 1.81. The number of anilines is 1. The Labute approximate surface area is 196 Å². The molecule has 0 unspecified atom stereocenters. The van der Waals surface area contributed by atoms with E-state index in [1.165, 1.54) is 0 Å². The summed E-state index contributed by atoms with van der Waals surface area (Å²) in [6, 6.07) is 4.81. The standard InChI is InChI=1S/C24H36ClN5O2/c1-7-30(19-10-8-18(26-4)9-11-19)22-13-17(25)12-20(15(22)2)23(31)27-14-21-16(3)29(5)28-24(21)32-6/h12-13,18-19,26H,7-11,14H2,1-6H3,(H,27,31). The van der Waals surface area contributed by atoms with Crippen molar-refractivity contribution in [3.8, 4) is 5.88 Å². The van der Waals surface area contributed by atoms with Crippen molar-refractivity contribution in [2.75, 3.05) is 25.6 Å². The minimum absolute atomic E-state index is 0.147. The molecule has 0 radical (unpaired) electrons. The zero-order valence-corrected chi connectivity index (χ0v) is 20.8. The highest BCUT2D eigenvalue weighted by atomic mass is 35.5. The Morgan fingerprint density at radius 3 is 2.56 bits per heavy atom. The zero-order chi connectivity index (χ0) is 23.4. The Bertz CT molecular complexity index is 950. The molecular weight excluding hydrogens is 426 g/mol. The lowest BCUT2D eigenvalue weighted by Crippen LogP contribution is -2.42. The van der Waals surface area contributed by atoms with E-state index in [1.54, 1.807) is 17.9 Å². The number of carbonyl (C=O) groups excluding carboxylic acids is 1. The predicted molar refractivity (Wildman–Crippen MR) is 130 cm³/mol. The van der Waals surface area contributed by atoms with E-state index in [0.717, 1.165) is 54.7 Å². The molecular formula is C24H36ClN5O2. The van der Waals surface area contributed by atoms with Crippen LogP contribution in [0.4, 0.5) is 5.69 Å². The van der Waals surface area contributed by atoms with E-state index in [9.17, 15) is 4.79 Å². The first-order valence-corrected chi connectivity index (χ1v) is 11.8. The molecule has 2 N–H and O–H groups in total. The van der Waals surface area contributed by atoms with E-state index in [1.807, 2.05) is 34.0 Å². The van der Waals surface area contributed by atoms with Gasteiger partial charge in [0.05, 0.1) is 19.2 Å². The summed E-state index contributed by atoms with van der Waals surface area (Å²) in [6.45, 7) is 7.36. The van der Waals surface area contributed by atoms with Crippen molar-refractivity contribution in [2.45, 2.75) is 65.1 Å². The Kier molecular flexibility index (Phi) is 8.06. The summed E-state index contributed by atoms with van der Waals surface area (Å²) in [6.07, 6.45) is 4.59. The number of aromatic nitrogens is 2. The summed E-state index contributed by atoms with van der Waals surface area (Å²) in [5.74, 6) is 0.384. The minimum atomic E-state index is -0.147. The van der Waals surface area contributed by atoms with Gasteiger partial charge >= 0.3 is 0 Å². The van der Waals surface area contributed by atoms with Crippen molar-refractivity contribution >= 4 is 23.2 Å². The van der Waals surface area contributed by atoms with Gasteiger partial charge in [0, 0.05) is 47.6 Å². The second-order valence-electron chi connectivity index (χ2n) is 8.56. The summed E-state index contributed by atoms with van der Waals surface area (Å²) >= 11 is 6.50. The third-order valence-corrected chi connectivity index (χ3v) is 7.04. The maximum atomic E-state index is 13.2. The van der Waals surface area contributed by atoms with Gasteiger partial charge in [0.15, 0.2) is 0 Å².